The Balaban J connectivity index is 1.74. The van der Waals surface area contributed by atoms with E-state index in [-0.39, 0.29) is 17.4 Å². The predicted molar refractivity (Wildman–Crippen MR) is 73.5 cm³/mol. The van der Waals surface area contributed by atoms with E-state index in [1.165, 1.54) is 12.8 Å². The van der Waals surface area contributed by atoms with Crippen molar-refractivity contribution in [2.24, 2.45) is 22.5 Å². The molecule has 0 aromatic heterocycles. The summed E-state index contributed by atoms with van der Waals surface area (Å²) < 4.78 is 5.29. The van der Waals surface area contributed by atoms with Crippen molar-refractivity contribution in [3.05, 3.63) is 0 Å². The maximum atomic E-state index is 12.4. The Bertz CT molecular complexity index is 401. The molecule has 3 rings (SSSR count). The third-order valence-corrected chi connectivity index (χ3v) is 6.60. The zero-order valence-electron chi connectivity index (χ0n) is 12.3. The summed E-state index contributed by atoms with van der Waals surface area (Å²) in [5.41, 5.74) is 5.88. The molecule has 4 atom stereocenters. The van der Waals surface area contributed by atoms with Crippen LogP contribution in [0.15, 0.2) is 0 Å². The molecule has 4 nitrogen and oxygen atoms in total. The van der Waals surface area contributed by atoms with Crippen molar-refractivity contribution >= 4 is 5.91 Å². The smallest absolute Gasteiger partial charge is 0.242 e. The molecule has 3 aliphatic rings. The third kappa shape index (κ3) is 1.69. The summed E-state index contributed by atoms with van der Waals surface area (Å²) in [6, 6.07) is 0.273. The summed E-state index contributed by atoms with van der Waals surface area (Å²) in [4.78, 5) is 12.4. The molecule has 1 amide bonds. The van der Waals surface area contributed by atoms with E-state index in [0.29, 0.717) is 25.0 Å². The fourth-order valence-electron chi connectivity index (χ4n) is 4.48. The van der Waals surface area contributed by atoms with E-state index in [1.54, 1.807) is 0 Å². The van der Waals surface area contributed by atoms with Gasteiger partial charge in [0.2, 0.25) is 5.91 Å². The molecule has 108 valence electrons. The van der Waals surface area contributed by atoms with Gasteiger partial charge >= 0.3 is 0 Å². The van der Waals surface area contributed by atoms with Crippen LogP contribution in [0.2, 0.25) is 0 Å². The highest BCUT2D eigenvalue weighted by Gasteiger charge is 2.62. The minimum Gasteiger partial charge on any atom is -0.379 e. The summed E-state index contributed by atoms with van der Waals surface area (Å²) in [7, 11) is 0. The lowest BCUT2D eigenvalue weighted by atomic mass is 9.69. The van der Waals surface area contributed by atoms with Crippen molar-refractivity contribution in [3.8, 4) is 0 Å². The van der Waals surface area contributed by atoms with E-state index in [9.17, 15) is 4.79 Å². The van der Waals surface area contributed by atoms with Crippen LogP contribution in [-0.4, -0.2) is 30.7 Å². The van der Waals surface area contributed by atoms with Gasteiger partial charge in [0.05, 0.1) is 6.61 Å². The quantitative estimate of drug-likeness (QED) is 0.795. The lowest BCUT2D eigenvalue weighted by molar-refractivity contribution is -0.128. The Morgan fingerprint density at radius 1 is 1.32 bits per heavy atom. The first-order valence-corrected chi connectivity index (χ1v) is 7.47. The van der Waals surface area contributed by atoms with Gasteiger partial charge in [-0.2, -0.15) is 0 Å². The summed E-state index contributed by atoms with van der Waals surface area (Å²) in [5.74, 6) is 0.718. The van der Waals surface area contributed by atoms with Crippen LogP contribution in [0.25, 0.3) is 0 Å². The van der Waals surface area contributed by atoms with Crippen molar-refractivity contribution in [2.75, 3.05) is 13.2 Å². The van der Waals surface area contributed by atoms with E-state index in [0.717, 1.165) is 12.3 Å². The molecule has 2 aliphatic carbocycles. The van der Waals surface area contributed by atoms with Crippen LogP contribution in [0.4, 0.5) is 0 Å². The van der Waals surface area contributed by atoms with Crippen LogP contribution >= 0.6 is 0 Å². The Hall–Kier alpha value is -0.610. The Labute approximate surface area is 115 Å². The molecule has 1 aliphatic heterocycles. The summed E-state index contributed by atoms with van der Waals surface area (Å²) in [5, 5.41) is 3.24. The molecular formula is C15H26N2O2. The van der Waals surface area contributed by atoms with Gasteiger partial charge in [0.1, 0.15) is 5.54 Å². The van der Waals surface area contributed by atoms with Gasteiger partial charge in [-0.25, -0.2) is 0 Å². The zero-order chi connectivity index (χ0) is 13.9. The monoisotopic (exact) mass is 266 g/mol. The topological polar surface area (TPSA) is 64.4 Å². The highest BCUT2D eigenvalue weighted by Crippen LogP contribution is 2.65. The van der Waals surface area contributed by atoms with Crippen molar-refractivity contribution < 1.29 is 9.53 Å². The van der Waals surface area contributed by atoms with Crippen LogP contribution in [-0.2, 0) is 9.53 Å². The molecule has 4 heteroatoms. The number of hydrogen-bond acceptors (Lipinski definition) is 3. The van der Waals surface area contributed by atoms with Crippen molar-refractivity contribution in [1.82, 2.24) is 5.32 Å². The fraction of sp³-hybridized carbons (Fsp3) is 0.933. The number of rotatable bonds is 2. The van der Waals surface area contributed by atoms with Crippen LogP contribution in [0.3, 0.4) is 0 Å². The number of ether oxygens (including phenoxy) is 1. The highest BCUT2D eigenvalue weighted by atomic mass is 16.5. The SMILES string of the molecule is CC1(C)C2CCC1(C)C(NC(=O)C1(N)CCOC1)C2. The average Bonchev–Trinajstić information content (AvgIpc) is 2.92. The van der Waals surface area contributed by atoms with Crippen LogP contribution in [0, 0.1) is 16.7 Å². The minimum absolute atomic E-state index is 0.0143. The molecular weight excluding hydrogens is 240 g/mol. The van der Waals surface area contributed by atoms with Gasteiger partial charge in [-0.15, -0.1) is 0 Å². The highest BCUT2D eigenvalue weighted by molar-refractivity contribution is 5.87. The fourth-order valence-corrected chi connectivity index (χ4v) is 4.48. The molecule has 3 N–H and O–H groups in total. The second kappa shape index (κ2) is 3.95. The first kappa shape index (κ1) is 13.4. The molecule has 0 radical (unpaired) electrons. The third-order valence-electron chi connectivity index (χ3n) is 6.60. The molecule has 1 heterocycles. The summed E-state index contributed by atoms with van der Waals surface area (Å²) in [6.07, 6.45) is 4.25. The predicted octanol–water partition coefficient (Wildman–Crippen LogP) is 1.44. The molecule has 2 bridgehead atoms. The maximum absolute atomic E-state index is 12.4. The van der Waals surface area contributed by atoms with Crippen LogP contribution in [0.1, 0.15) is 46.5 Å². The van der Waals surface area contributed by atoms with E-state index < -0.39 is 5.54 Å². The second-order valence-electron chi connectivity index (χ2n) is 7.60. The van der Waals surface area contributed by atoms with E-state index >= 15 is 0 Å². The molecule has 0 aromatic rings. The maximum Gasteiger partial charge on any atom is 0.242 e. The molecule has 2 saturated carbocycles. The van der Waals surface area contributed by atoms with E-state index in [4.69, 9.17) is 10.5 Å². The summed E-state index contributed by atoms with van der Waals surface area (Å²) in [6.45, 7) is 8.00. The number of carbonyl (C=O) groups is 1. The Morgan fingerprint density at radius 3 is 2.53 bits per heavy atom. The molecule has 19 heavy (non-hydrogen) atoms. The van der Waals surface area contributed by atoms with Crippen LogP contribution in [0.5, 0.6) is 0 Å². The largest absolute Gasteiger partial charge is 0.379 e. The first-order valence-electron chi connectivity index (χ1n) is 7.47. The van der Waals surface area contributed by atoms with Gasteiger partial charge in [-0.1, -0.05) is 20.8 Å². The first-order chi connectivity index (χ1) is 8.80. The zero-order valence-corrected chi connectivity index (χ0v) is 12.3. The number of amides is 1. The molecule has 3 fully saturated rings. The normalized spacial score (nSPS) is 47.6. The number of hydrogen-bond donors (Lipinski definition) is 2. The molecule has 0 spiro atoms. The van der Waals surface area contributed by atoms with Crippen molar-refractivity contribution in [1.29, 1.82) is 0 Å². The standard InChI is InChI=1S/C15H26N2O2/c1-13(2)10-4-5-14(13,3)11(8-10)17-12(18)15(16)6-7-19-9-15/h10-11H,4-9,16H2,1-3H3,(H,17,18). The Morgan fingerprint density at radius 2 is 2.05 bits per heavy atom. The van der Waals surface area contributed by atoms with Gasteiger partial charge in [0.15, 0.2) is 0 Å². The van der Waals surface area contributed by atoms with Gasteiger partial charge in [-0.3, -0.25) is 4.79 Å². The number of fused-ring (bicyclic) bond motifs is 2. The van der Waals surface area contributed by atoms with Crippen molar-refractivity contribution in [3.63, 3.8) is 0 Å². The lowest BCUT2D eigenvalue weighted by Crippen LogP contribution is -2.59. The van der Waals surface area contributed by atoms with Gasteiger partial charge in [-0.05, 0) is 42.4 Å². The van der Waals surface area contributed by atoms with Gasteiger partial charge in [0.25, 0.3) is 0 Å². The van der Waals surface area contributed by atoms with Gasteiger partial charge < -0.3 is 15.8 Å². The summed E-state index contributed by atoms with van der Waals surface area (Å²) >= 11 is 0. The minimum atomic E-state index is -0.803. The second-order valence-corrected chi connectivity index (χ2v) is 7.60. The lowest BCUT2D eigenvalue weighted by Gasteiger charge is -2.40. The number of carbonyl (C=O) groups excluding carboxylic acids is 1. The average molecular weight is 266 g/mol. The van der Waals surface area contributed by atoms with E-state index in [2.05, 4.69) is 26.1 Å². The Kier molecular flexibility index (Phi) is 2.78. The van der Waals surface area contributed by atoms with Crippen LogP contribution < -0.4 is 11.1 Å². The van der Waals surface area contributed by atoms with Crippen molar-refractivity contribution in [2.45, 2.75) is 58.0 Å². The molecule has 0 aromatic carbocycles. The van der Waals surface area contributed by atoms with E-state index in [1.807, 2.05) is 0 Å². The molecule has 4 unspecified atom stereocenters. The number of nitrogens with two attached hydrogens (primary N) is 1. The number of nitrogens with one attached hydrogen (secondary N) is 1. The van der Waals surface area contributed by atoms with Gasteiger partial charge in [0, 0.05) is 12.6 Å². The molecule has 1 saturated heterocycles.